The Bertz CT molecular complexity index is 713. The van der Waals surface area contributed by atoms with Crippen molar-refractivity contribution in [2.45, 2.75) is 20.3 Å². The zero-order valence-electron chi connectivity index (χ0n) is 11.8. The molecule has 1 heterocycles. The van der Waals surface area contributed by atoms with E-state index in [0.29, 0.717) is 6.61 Å². The first kappa shape index (κ1) is 12.7. The fourth-order valence-corrected chi connectivity index (χ4v) is 2.37. The first-order chi connectivity index (χ1) is 9.76. The molecule has 3 aromatic rings. The van der Waals surface area contributed by atoms with Crippen LogP contribution in [0.1, 0.15) is 23.9 Å². The first-order valence-corrected chi connectivity index (χ1v) is 6.92. The van der Waals surface area contributed by atoms with Crippen molar-refractivity contribution in [3.63, 3.8) is 0 Å². The van der Waals surface area contributed by atoms with Crippen molar-refractivity contribution < 1.29 is 4.74 Å². The Morgan fingerprint density at radius 1 is 1.10 bits per heavy atom. The van der Waals surface area contributed by atoms with Crippen molar-refractivity contribution in [3.05, 3.63) is 59.4 Å². The first-order valence-electron chi connectivity index (χ1n) is 6.92. The highest BCUT2D eigenvalue weighted by Gasteiger charge is 2.05. The molecule has 0 saturated heterocycles. The summed E-state index contributed by atoms with van der Waals surface area (Å²) in [5.74, 6) is 1.91. The summed E-state index contributed by atoms with van der Waals surface area (Å²) in [6.45, 7) is 4.77. The van der Waals surface area contributed by atoms with Gasteiger partial charge in [-0.2, -0.15) is 0 Å². The van der Waals surface area contributed by atoms with Crippen LogP contribution < -0.4 is 4.74 Å². The number of para-hydroxylation sites is 1. The molecular weight excluding hydrogens is 248 g/mol. The Hall–Kier alpha value is -2.29. The number of nitrogens with one attached hydrogen (secondary N) is 1. The van der Waals surface area contributed by atoms with Crippen LogP contribution in [0.2, 0.25) is 0 Å². The number of benzene rings is 2. The average molecular weight is 266 g/mol. The maximum absolute atomic E-state index is 5.45. The number of hydrogen-bond donors (Lipinski definition) is 1. The Morgan fingerprint density at radius 2 is 1.90 bits per heavy atom. The van der Waals surface area contributed by atoms with Gasteiger partial charge in [0.25, 0.3) is 0 Å². The number of H-pyrrole nitrogens is 1. The monoisotopic (exact) mass is 266 g/mol. The summed E-state index contributed by atoms with van der Waals surface area (Å²) in [6.07, 6.45) is 0.806. The normalized spacial score (nSPS) is 10.9. The minimum absolute atomic E-state index is 0.697. The number of aromatic amines is 1. The number of aryl methyl sites for hydroxylation is 1. The van der Waals surface area contributed by atoms with E-state index in [1.54, 1.807) is 0 Å². The van der Waals surface area contributed by atoms with Crippen molar-refractivity contribution in [1.82, 2.24) is 9.97 Å². The van der Waals surface area contributed by atoms with Gasteiger partial charge in [0.05, 0.1) is 17.6 Å². The third-order valence-electron chi connectivity index (χ3n) is 3.37. The van der Waals surface area contributed by atoms with Crippen LogP contribution in [-0.4, -0.2) is 16.6 Å². The van der Waals surface area contributed by atoms with Gasteiger partial charge in [0.1, 0.15) is 11.6 Å². The fourth-order valence-electron chi connectivity index (χ4n) is 2.37. The molecule has 3 nitrogen and oxygen atoms in total. The summed E-state index contributed by atoms with van der Waals surface area (Å²) in [7, 11) is 0. The van der Waals surface area contributed by atoms with E-state index in [0.717, 1.165) is 29.0 Å². The van der Waals surface area contributed by atoms with Gasteiger partial charge >= 0.3 is 0 Å². The lowest BCUT2D eigenvalue weighted by Crippen LogP contribution is -1.93. The molecule has 3 rings (SSSR count). The van der Waals surface area contributed by atoms with Crippen LogP contribution in [0.25, 0.3) is 11.0 Å². The number of ether oxygens (including phenoxy) is 1. The van der Waals surface area contributed by atoms with Crippen molar-refractivity contribution in [1.29, 1.82) is 0 Å². The van der Waals surface area contributed by atoms with Crippen LogP contribution >= 0.6 is 0 Å². The molecule has 0 bridgehead atoms. The average Bonchev–Trinajstić information content (AvgIpc) is 2.85. The largest absolute Gasteiger partial charge is 0.494 e. The maximum Gasteiger partial charge on any atom is 0.119 e. The van der Waals surface area contributed by atoms with Gasteiger partial charge in [-0.3, -0.25) is 0 Å². The van der Waals surface area contributed by atoms with E-state index in [2.05, 4.69) is 47.2 Å². The molecule has 0 amide bonds. The molecule has 0 fully saturated rings. The molecule has 20 heavy (non-hydrogen) atoms. The van der Waals surface area contributed by atoms with Gasteiger partial charge in [-0.05, 0) is 43.2 Å². The summed E-state index contributed by atoms with van der Waals surface area (Å²) in [5, 5.41) is 0. The highest BCUT2D eigenvalue weighted by Crippen LogP contribution is 2.18. The number of imidazole rings is 1. The quantitative estimate of drug-likeness (QED) is 0.778. The van der Waals surface area contributed by atoms with Gasteiger partial charge in [0.2, 0.25) is 0 Å². The SMILES string of the molecule is CCOc1ccc(Cc2nc3c(C)cccc3[nH]2)cc1. The predicted octanol–water partition coefficient (Wildman–Crippen LogP) is 3.86. The second-order valence-corrected chi connectivity index (χ2v) is 4.91. The van der Waals surface area contributed by atoms with Crippen molar-refractivity contribution in [3.8, 4) is 5.75 Å². The second-order valence-electron chi connectivity index (χ2n) is 4.91. The van der Waals surface area contributed by atoms with E-state index in [-0.39, 0.29) is 0 Å². The van der Waals surface area contributed by atoms with Gasteiger partial charge in [-0.25, -0.2) is 4.98 Å². The summed E-state index contributed by atoms with van der Waals surface area (Å²) >= 11 is 0. The lowest BCUT2D eigenvalue weighted by Gasteiger charge is -2.03. The molecule has 0 saturated carbocycles. The second kappa shape index (κ2) is 5.37. The van der Waals surface area contributed by atoms with Crippen LogP contribution in [0.3, 0.4) is 0 Å². The molecule has 0 aliphatic heterocycles. The zero-order chi connectivity index (χ0) is 13.9. The Balaban J connectivity index is 1.83. The number of fused-ring (bicyclic) bond motifs is 1. The lowest BCUT2D eigenvalue weighted by atomic mass is 10.1. The van der Waals surface area contributed by atoms with Crippen LogP contribution in [0.15, 0.2) is 42.5 Å². The molecule has 1 N–H and O–H groups in total. The van der Waals surface area contributed by atoms with Crippen molar-refractivity contribution >= 4 is 11.0 Å². The Morgan fingerprint density at radius 3 is 2.60 bits per heavy atom. The van der Waals surface area contributed by atoms with E-state index in [1.165, 1.54) is 11.1 Å². The number of hydrogen-bond acceptors (Lipinski definition) is 2. The Kier molecular flexibility index (Phi) is 3.42. The van der Waals surface area contributed by atoms with Crippen molar-refractivity contribution in [2.24, 2.45) is 0 Å². The lowest BCUT2D eigenvalue weighted by molar-refractivity contribution is 0.340. The van der Waals surface area contributed by atoms with E-state index in [1.807, 2.05) is 19.1 Å². The molecule has 2 aromatic carbocycles. The fraction of sp³-hybridized carbons (Fsp3) is 0.235. The van der Waals surface area contributed by atoms with Crippen LogP contribution in [0.5, 0.6) is 5.75 Å². The number of nitrogens with zero attached hydrogens (tertiary/aromatic N) is 1. The van der Waals surface area contributed by atoms with Gasteiger partial charge in [0, 0.05) is 6.42 Å². The van der Waals surface area contributed by atoms with Crippen LogP contribution in [-0.2, 0) is 6.42 Å². The number of rotatable bonds is 4. The standard InChI is InChI=1S/C17H18N2O/c1-3-20-14-9-7-13(8-10-14)11-16-18-15-6-4-5-12(2)17(15)19-16/h4-10H,3,11H2,1-2H3,(H,18,19). The molecule has 0 aliphatic carbocycles. The third kappa shape index (κ3) is 2.52. The highest BCUT2D eigenvalue weighted by atomic mass is 16.5. The third-order valence-corrected chi connectivity index (χ3v) is 3.37. The van der Waals surface area contributed by atoms with Crippen LogP contribution in [0, 0.1) is 6.92 Å². The van der Waals surface area contributed by atoms with Gasteiger partial charge in [0.15, 0.2) is 0 Å². The highest BCUT2D eigenvalue weighted by molar-refractivity contribution is 5.78. The molecule has 3 heteroatoms. The molecule has 102 valence electrons. The van der Waals surface area contributed by atoms with Gasteiger partial charge in [-0.15, -0.1) is 0 Å². The van der Waals surface area contributed by atoms with Gasteiger partial charge in [-0.1, -0.05) is 24.3 Å². The predicted molar refractivity (Wildman–Crippen MR) is 81.2 cm³/mol. The minimum atomic E-state index is 0.697. The molecule has 0 unspecified atom stereocenters. The van der Waals surface area contributed by atoms with Crippen LogP contribution in [0.4, 0.5) is 0 Å². The topological polar surface area (TPSA) is 37.9 Å². The van der Waals surface area contributed by atoms with E-state index in [4.69, 9.17) is 4.74 Å². The minimum Gasteiger partial charge on any atom is -0.494 e. The molecule has 0 spiro atoms. The van der Waals surface area contributed by atoms with E-state index < -0.39 is 0 Å². The van der Waals surface area contributed by atoms with E-state index >= 15 is 0 Å². The summed E-state index contributed by atoms with van der Waals surface area (Å²) in [6, 6.07) is 14.4. The molecule has 0 aliphatic rings. The van der Waals surface area contributed by atoms with E-state index in [9.17, 15) is 0 Å². The molecule has 1 aromatic heterocycles. The molecule has 0 atom stereocenters. The Labute approximate surface area is 118 Å². The number of aromatic nitrogens is 2. The van der Waals surface area contributed by atoms with Crippen molar-refractivity contribution in [2.75, 3.05) is 6.61 Å². The molecular formula is C17H18N2O. The smallest absolute Gasteiger partial charge is 0.119 e. The summed E-state index contributed by atoms with van der Waals surface area (Å²) < 4.78 is 5.45. The maximum atomic E-state index is 5.45. The summed E-state index contributed by atoms with van der Waals surface area (Å²) in [4.78, 5) is 8.06. The molecule has 0 radical (unpaired) electrons. The zero-order valence-corrected chi connectivity index (χ0v) is 11.8. The summed E-state index contributed by atoms with van der Waals surface area (Å²) in [5.41, 5.74) is 4.60. The van der Waals surface area contributed by atoms with Gasteiger partial charge < -0.3 is 9.72 Å².